The molecule has 3 rings (SSSR count). The Balaban J connectivity index is 0.00000153. The van der Waals surface area contributed by atoms with Crippen LogP contribution in [-0.2, 0) is 4.74 Å². The molecule has 1 saturated heterocycles. The number of allylic oxidation sites excluding steroid dienone is 7. The molecule has 1 aliphatic heterocycles. The monoisotopic (exact) mass is 523 g/mol. The number of carbonyl (C=O) groups is 1. The van der Waals surface area contributed by atoms with Gasteiger partial charge in [-0.05, 0) is 38.3 Å². The van der Waals surface area contributed by atoms with E-state index < -0.39 is 0 Å². The van der Waals surface area contributed by atoms with E-state index in [4.69, 9.17) is 9.72 Å². The Kier molecular flexibility index (Phi) is 12.5. The number of nitrogens with zero attached hydrogens (tertiary/aromatic N) is 2. The zero-order valence-corrected chi connectivity index (χ0v) is 23.9. The Morgan fingerprint density at radius 3 is 2.68 bits per heavy atom. The first-order valence-corrected chi connectivity index (χ1v) is 13.9. The van der Waals surface area contributed by atoms with E-state index >= 15 is 0 Å². The van der Waals surface area contributed by atoms with E-state index in [0.717, 1.165) is 36.1 Å². The van der Waals surface area contributed by atoms with Crippen LogP contribution in [0.2, 0.25) is 0 Å². The molecule has 0 bridgehead atoms. The summed E-state index contributed by atoms with van der Waals surface area (Å²) in [6.07, 6.45) is 13.4. The van der Waals surface area contributed by atoms with Crippen LogP contribution < -0.4 is 5.56 Å². The third-order valence-electron chi connectivity index (χ3n) is 5.99. The summed E-state index contributed by atoms with van der Waals surface area (Å²) >= 11 is 1.40. The van der Waals surface area contributed by atoms with E-state index in [2.05, 4.69) is 45.3 Å². The predicted molar refractivity (Wildman–Crippen MR) is 156 cm³/mol. The number of rotatable bonds is 9. The second kappa shape index (κ2) is 15.3. The van der Waals surface area contributed by atoms with Gasteiger partial charge in [-0.15, -0.1) is 11.3 Å². The highest BCUT2D eigenvalue weighted by molar-refractivity contribution is 7.13. The van der Waals surface area contributed by atoms with E-state index in [1.165, 1.54) is 29.5 Å². The molecule has 0 radical (unpaired) electrons. The highest BCUT2D eigenvalue weighted by Crippen LogP contribution is 2.32. The normalized spacial score (nSPS) is 16.4. The molecule has 200 valence electrons. The van der Waals surface area contributed by atoms with Crippen LogP contribution in [0, 0.1) is 0 Å². The molecule has 1 fully saturated rings. The van der Waals surface area contributed by atoms with Crippen molar-refractivity contribution in [1.82, 2.24) is 14.9 Å². The molecule has 2 aromatic rings. The van der Waals surface area contributed by atoms with Crippen molar-refractivity contribution in [2.24, 2.45) is 0 Å². The van der Waals surface area contributed by atoms with Crippen LogP contribution in [0.3, 0.4) is 0 Å². The molecule has 1 atom stereocenters. The molecular weight excluding hydrogens is 482 g/mol. The van der Waals surface area contributed by atoms with Crippen LogP contribution >= 0.6 is 11.3 Å². The van der Waals surface area contributed by atoms with Crippen molar-refractivity contribution in [1.29, 1.82) is 0 Å². The molecule has 0 aliphatic carbocycles. The molecule has 0 spiro atoms. The fraction of sp³-hybridized carbons (Fsp3) is 0.433. The van der Waals surface area contributed by atoms with Gasteiger partial charge >= 0.3 is 0 Å². The molecule has 1 amide bonds. The van der Waals surface area contributed by atoms with Gasteiger partial charge in [-0.3, -0.25) is 9.59 Å². The van der Waals surface area contributed by atoms with Crippen LogP contribution in [0.25, 0.3) is 16.1 Å². The molecule has 1 aliphatic rings. The lowest BCUT2D eigenvalue weighted by Crippen LogP contribution is -2.30. The highest BCUT2D eigenvalue weighted by Gasteiger charge is 2.27. The lowest BCUT2D eigenvalue weighted by Gasteiger charge is -2.16. The quantitative estimate of drug-likeness (QED) is 0.358. The largest absolute Gasteiger partial charge is 0.380 e. The maximum atomic E-state index is 13.0. The van der Waals surface area contributed by atoms with Crippen LogP contribution in [-0.4, -0.2) is 47.1 Å². The Morgan fingerprint density at radius 1 is 1.35 bits per heavy atom. The fourth-order valence-corrected chi connectivity index (χ4v) is 4.98. The summed E-state index contributed by atoms with van der Waals surface area (Å²) in [6.45, 7) is 15.5. The van der Waals surface area contributed by atoms with Crippen molar-refractivity contribution in [3.05, 3.63) is 81.3 Å². The molecular formula is C30H41N3O3S. The first-order valence-electron chi connectivity index (χ1n) is 13.0. The summed E-state index contributed by atoms with van der Waals surface area (Å²) in [5.74, 6) is -0.113. The lowest BCUT2D eigenvalue weighted by molar-refractivity contribution is 0.0724. The maximum Gasteiger partial charge on any atom is 0.258 e. The molecule has 37 heavy (non-hydrogen) atoms. The number of aromatic amines is 1. The van der Waals surface area contributed by atoms with Crippen molar-refractivity contribution in [3.63, 3.8) is 0 Å². The van der Waals surface area contributed by atoms with E-state index in [-0.39, 0.29) is 17.6 Å². The van der Waals surface area contributed by atoms with Gasteiger partial charge in [0.1, 0.15) is 5.01 Å². The van der Waals surface area contributed by atoms with Gasteiger partial charge in [0.25, 0.3) is 11.5 Å². The van der Waals surface area contributed by atoms with E-state index in [1.54, 1.807) is 24.2 Å². The van der Waals surface area contributed by atoms with Gasteiger partial charge in [0.2, 0.25) is 0 Å². The van der Waals surface area contributed by atoms with E-state index in [1.807, 2.05) is 24.5 Å². The number of amides is 1. The molecule has 0 saturated carbocycles. The van der Waals surface area contributed by atoms with Crippen molar-refractivity contribution in [2.75, 3.05) is 20.2 Å². The molecule has 7 heteroatoms. The summed E-state index contributed by atoms with van der Waals surface area (Å²) in [6, 6.07) is 1.65. The summed E-state index contributed by atoms with van der Waals surface area (Å²) in [7, 11) is 1.66. The van der Waals surface area contributed by atoms with Gasteiger partial charge in [-0.25, -0.2) is 4.98 Å². The minimum absolute atomic E-state index is 0.0560. The van der Waals surface area contributed by atoms with Crippen LogP contribution in [0.5, 0.6) is 0 Å². The second-order valence-electron chi connectivity index (χ2n) is 9.01. The summed E-state index contributed by atoms with van der Waals surface area (Å²) < 4.78 is 5.37. The van der Waals surface area contributed by atoms with Gasteiger partial charge < -0.3 is 14.6 Å². The van der Waals surface area contributed by atoms with Crippen molar-refractivity contribution in [3.8, 4) is 10.6 Å². The van der Waals surface area contributed by atoms with Crippen molar-refractivity contribution >= 4 is 22.8 Å². The summed E-state index contributed by atoms with van der Waals surface area (Å²) in [5.41, 5.74) is 4.78. The fourth-order valence-electron chi connectivity index (χ4n) is 4.15. The number of hydrogen-bond acceptors (Lipinski definition) is 5. The van der Waals surface area contributed by atoms with Crippen LogP contribution in [0.1, 0.15) is 76.4 Å². The average molecular weight is 524 g/mol. The Bertz CT molecular complexity index is 1200. The zero-order valence-electron chi connectivity index (χ0n) is 23.1. The topological polar surface area (TPSA) is 75.3 Å². The minimum atomic E-state index is -0.264. The molecule has 0 aromatic carbocycles. The number of methoxy groups -OCH3 is 1. The summed E-state index contributed by atoms with van der Waals surface area (Å²) in [4.78, 5) is 34.9. The smallest absolute Gasteiger partial charge is 0.258 e. The molecule has 3 heterocycles. The SMILES string of the molecule is C=C\C=C/C(=C(\C)CCC)C(=C\C)/c1csc(-c2cc(C(=O)N3CCC(OC)C3)c[nH]c2=O)n1.CCC. The predicted octanol–water partition coefficient (Wildman–Crippen LogP) is 7.04. The third kappa shape index (κ3) is 7.98. The zero-order chi connectivity index (χ0) is 27.4. The molecule has 1 unspecified atom stereocenters. The van der Waals surface area contributed by atoms with Gasteiger partial charge in [0.15, 0.2) is 0 Å². The number of H-pyrrole nitrogens is 1. The first kappa shape index (κ1) is 30.2. The number of pyridine rings is 1. The standard InChI is InChI=1S/C27H33N3O3S.C3H8/c1-6-9-11-22(18(4)10-7-2)21(8-3)24-17-34-26(29-24)23-14-19(15-28-25(23)31)27(32)30-13-12-20(16-30)33-5;1-3-2/h6,8-9,11,14-15,17,20H,1,7,10,12-13,16H2,2-5H3,(H,28,31);3H2,1-2H3/b11-9-,21-8+,22-18-;. The minimum Gasteiger partial charge on any atom is -0.380 e. The highest BCUT2D eigenvalue weighted by atomic mass is 32.1. The number of aromatic nitrogens is 2. The second-order valence-corrected chi connectivity index (χ2v) is 9.87. The van der Waals surface area contributed by atoms with E-state index in [9.17, 15) is 9.59 Å². The van der Waals surface area contributed by atoms with Crippen molar-refractivity contribution < 1.29 is 9.53 Å². The molecule has 1 N–H and O–H groups in total. The number of nitrogens with one attached hydrogen (secondary N) is 1. The third-order valence-corrected chi connectivity index (χ3v) is 6.86. The number of hydrogen-bond donors (Lipinski definition) is 1. The number of thiazole rings is 1. The lowest BCUT2D eigenvalue weighted by atomic mass is 9.95. The van der Waals surface area contributed by atoms with Crippen molar-refractivity contribution in [2.45, 2.75) is 66.4 Å². The van der Waals surface area contributed by atoms with Gasteiger partial charge in [-0.1, -0.05) is 70.1 Å². The number of ether oxygens (including phenoxy) is 1. The van der Waals surface area contributed by atoms with E-state index in [0.29, 0.717) is 29.2 Å². The Morgan fingerprint density at radius 2 is 2.08 bits per heavy atom. The molecule has 6 nitrogen and oxygen atoms in total. The van der Waals surface area contributed by atoms with Crippen LogP contribution in [0.15, 0.2) is 64.5 Å². The Labute approximate surface area is 225 Å². The first-order chi connectivity index (χ1) is 17.8. The maximum absolute atomic E-state index is 13.0. The number of carbonyl (C=O) groups excluding carboxylic acids is 1. The van der Waals surface area contributed by atoms with Gasteiger partial charge in [0.05, 0.1) is 22.9 Å². The van der Waals surface area contributed by atoms with Gasteiger partial charge in [-0.2, -0.15) is 0 Å². The summed E-state index contributed by atoms with van der Waals surface area (Å²) in [5, 5.41) is 2.55. The molecule has 2 aromatic heterocycles. The van der Waals surface area contributed by atoms with Crippen LogP contribution in [0.4, 0.5) is 0 Å². The number of likely N-dealkylation sites (tertiary alicyclic amines) is 1. The Hall–Kier alpha value is -3.03. The van der Waals surface area contributed by atoms with Gasteiger partial charge in [0, 0.05) is 37.3 Å². The average Bonchev–Trinajstić information content (AvgIpc) is 3.57.